The number of nitriles is 1. The molecule has 2 amide bonds. The Morgan fingerprint density at radius 1 is 1.42 bits per heavy atom. The van der Waals surface area contributed by atoms with Crippen LogP contribution in [0.2, 0.25) is 5.02 Å². The van der Waals surface area contributed by atoms with Crippen molar-refractivity contribution in [3.8, 4) is 6.07 Å². The molecule has 3 aliphatic heterocycles. The third kappa shape index (κ3) is 2.19. The van der Waals surface area contributed by atoms with Crippen LogP contribution in [0.3, 0.4) is 0 Å². The van der Waals surface area contributed by atoms with E-state index in [0.29, 0.717) is 5.02 Å². The number of hydrogen-bond donors (Lipinski definition) is 0. The number of carbonyl (C=O) groups is 3. The van der Waals surface area contributed by atoms with Gasteiger partial charge < -0.3 is 9.47 Å². The van der Waals surface area contributed by atoms with E-state index in [1.54, 1.807) is 12.2 Å². The average Bonchev–Trinajstić information content (AvgIpc) is 3.24. The topological polar surface area (TPSA) is 96.7 Å². The highest BCUT2D eigenvalue weighted by Crippen LogP contribution is 2.53. The Kier molecular flexibility index (Phi) is 3.65. The van der Waals surface area contributed by atoms with Crippen LogP contribution in [0.5, 0.6) is 0 Å². The molecule has 0 aliphatic carbocycles. The minimum Gasteiger partial charge on any atom is -0.462 e. The fourth-order valence-corrected chi connectivity index (χ4v) is 4.07. The van der Waals surface area contributed by atoms with Crippen LogP contribution in [0.15, 0.2) is 30.4 Å². The van der Waals surface area contributed by atoms with Crippen molar-refractivity contribution in [1.82, 2.24) is 0 Å². The molecule has 26 heavy (non-hydrogen) atoms. The second-order valence-corrected chi connectivity index (χ2v) is 6.90. The van der Waals surface area contributed by atoms with E-state index in [1.807, 2.05) is 6.07 Å². The summed E-state index contributed by atoms with van der Waals surface area (Å²) in [4.78, 5) is 38.3. The standard InChI is InChI=1S/C18H13ClN2O5/c1-9(22)25-8-18-5-4-13(26-18)14-15(18)17(24)21(16(14)23)12-6-11(19)3-2-10(12)7-20/h2-6,13-15H,8H2,1H3/t13-,14-,15-,18-/m1/s1. The van der Waals surface area contributed by atoms with E-state index in [2.05, 4.69) is 0 Å². The lowest BCUT2D eigenvalue weighted by molar-refractivity contribution is -0.150. The molecule has 0 unspecified atom stereocenters. The lowest BCUT2D eigenvalue weighted by Crippen LogP contribution is -2.44. The number of esters is 1. The Morgan fingerprint density at radius 3 is 2.88 bits per heavy atom. The molecule has 2 saturated heterocycles. The van der Waals surface area contributed by atoms with Gasteiger partial charge >= 0.3 is 5.97 Å². The van der Waals surface area contributed by atoms with Crippen molar-refractivity contribution < 1.29 is 23.9 Å². The molecule has 2 fully saturated rings. The summed E-state index contributed by atoms with van der Waals surface area (Å²) in [5.74, 6) is -2.96. The Bertz CT molecular complexity index is 921. The molecule has 1 aromatic rings. The highest BCUT2D eigenvalue weighted by Gasteiger charge is 2.68. The number of hydrogen-bond acceptors (Lipinski definition) is 6. The van der Waals surface area contributed by atoms with Gasteiger partial charge in [0, 0.05) is 11.9 Å². The van der Waals surface area contributed by atoms with Gasteiger partial charge in [0.2, 0.25) is 11.8 Å². The minimum absolute atomic E-state index is 0.149. The van der Waals surface area contributed by atoms with Crippen molar-refractivity contribution in [1.29, 1.82) is 5.26 Å². The summed E-state index contributed by atoms with van der Waals surface area (Å²) in [6, 6.07) is 6.38. The number of nitrogens with zero attached hydrogens (tertiary/aromatic N) is 2. The third-order valence-corrected chi connectivity index (χ3v) is 5.21. The zero-order valence-corrected chi connectivity index (χ0v) is 14.4. The maximum Gasteiger partial charge on any atom is 0.302 e. The van der Waals surface area contributed by atoms with Crippen molar-refractivity contribution in [2.45, 2.75) is 18.6 Å². The van der Waals surface area contributed by atoms with Crippen molar-refractivity contribution in [2.24, 2.45) is 11.8 Å². The predicted molar refractivity (Wildman–Crippen MR) is 89.0 cm³/mol. The van der Waals surface area contributed by atoms with Crippen molar-refractivity contribution in [3.05, 3.63) is 40.9 Å². The van der Waals surface area contributed by atoms with Crippen LogP contribution in [-0.2, 0) is 23.9 Å². The number of amides is 2. The maximum atomic E-state index is 13.1. The second kappa shape index (κ2) is 5.66. The first-order chi connectivity index (χ1) is 12.4. The molecule has 3 aliphatic rings. The summed E-state index contributed by atoms with van der Waals surface area (Å²) in [5, 5.41) is 9.63. The van der Waals surface area contributed by atoms with Crippen molar-refractivity contribution in [2.75, 3.05) is 11.5 Å². The molecule has 0 radical (unpaired) electrons. The summed E-state index contributed by atoms with van der Waals surface area (Å²) in [6.07, 6.45) is 2.82. The van der Waals surface area contributed by atoms with E-state index < -0.39 is 41.3 Å². The van der Waals surface area contributed by atoms with Gasteiger partial charge in [-0.1, -0.05) is 17.7 Å². The lowest BCUT2D eigenvalue weighted by Gasteiger charge is -2.28. The van der Waals surface area contributed by atoms with Crippen molar-refractivity contribution in [3.63, 3.8) is 0 Å². The summed E-state index contributed by atoms with van der Waals surface area (Å²) in [7, 11) is 0. The SMILES string of the molecule is CC(=O)OC[C@@]12C=C[C@@H](O1)[C@H]1C(=O)N(c3cc(Cl)ccc3C#N)C(=O)[C@@H]12. The van der Waals surface area contributed by atoms with E-state index in [4.69, 9.17) is 21.1 Å². The number of anilines is 1. The number of imide groups is 1. The third-order valence-electron chi connectivity index (χ3n) is 4.98. The normalized spacial score (nSPS) is 31.3. The first-order valence-electron chi connectivity index (χ1n) is 7.96. The van der Waals surface area contributed by atoms with Gasteiger partial charge in [0.05, 0.1) is 29.2 Å². The smallest absolute Gasteiger partial charge is 0.302 e. The average molecular weight is 373 g/mol. The van der Waals surface area contributed by atoms with Crippen molar-refractivity contribution >= 4 is 35.1 Å². The van der Waals surface area contributed by atoms with Crippen LogP contribution < -0.4 is 4.90 Å². The molecule has 7 nitrogen and oxygen atoms in total. The van der Waals surface area contributed by atoms with E-state index in [9.17, 15) is 19.6 Å². The minimum atomic E-state index is -1.16. The Balaban J connectivity index is 1.75. The van der Waals surface area contributed by atoms with Gasteiger partial charge in [0.1, 0.15) is 18.3 Å². The largest absolute Gasteiger partial charge is 0.462 e. The fraction of sp³-hybridized carbons (Fsp3) is 0.333. The quantitative estimate of drug-likeness (QED) is 0.454. The molecular weight excluding hydrogens is 360 g/mol. The molecule has 2 bridgehead atoms. The molecule has 0 aromatic heterocycles. The predicted octanol–water partition coefficient (Wildman–Crippen LogP) is 1.59. The van der Waals surface area contributed by atoms with Gasteiger partial charge in [-0.2, -0.15) is 5.26 Å². The molecule has 3 heterocycles. The molecule has 1 aromatic carbocycles. The second-order valence-electron chi connectivity index (χ2n) is 6.47. The van der Waals surface area contributed by atoms with Crippen LogP contribution in [0.4, 0.5) is 5.69 Å². The molecular formula is C18H13ClN2O5. The molecule has 8 heteroatoms. The first-order valence-corrected chi connectivity index (χ1v) is 8.34. The lowest BCUT2D eigenvalue weighted by atomic mass is 9.77. The van der Waals surface area contributed by atoms with E-state index in [0.717, 1.165) is 4.90 Å². The van der Waals surface area contributed by atoms with Gasteiger partial charge in [-0.15, -0.1) is 0 Å². The van der Waals surface area contributed by atoms with Gasteiger partial charge in [-0.05, 0) is 24.3 Å². The highest BCUT2D eigenvalue weighted by molar-refractivity contribution is 6.31. The van der Waals surface area contributed by atoms with Gasteiger partial charge in [-0.25, -0.2) is 4.90 Å². The summed E-state index contributed by atoms with van der Waals surface area (Å²) in [5.41, 5.74) is -0.828. The molecule has 0 N–H and O–H groups in total. The molecule has 0 saturated carbocycles. The molecule has 4 rings (SSSR count). The number of benzene rings is 1. The van der Waals surface area contributed by atoms with Gasteiger partial charge in [0.25, 0.3) is 0 Å². The van der Waals surface area contributed by atoms with Crippen LogP contribution >= 0.6 is 11.6 Å². The first kappa shape index (κ1) is 16.8. The summed E-state index contributed by atoms with van der Waals surface area (Å²) in [6.45, 7) is 1.11. The van der Waals surface area contributed by atoms with Gasteiger partial charge in [-0.3, -0.25) is 14.4 Å². The fourth-order valence-electron chi connectivity index (χ4n) is 3.90. The highest BCUT2D eigenvalue weighted by atomic mass is 35.5. The number of ether oxygens (including phenoxy) is 2. The van der Waals surface area contributed by atoms with E-state index in [1.165, 1.54) is 25.1 Å². The molecule has 0 spiro atoms. The number of fused-ring (bicyclic) bond motifs is 5. The summed E-state index contributed by atoms with van der Waals surface area (Å²) >= 11 is 6.00. The Hall–Kier alpha value is -2.69. The van der Waals surface area contributed by atoms with Crippen LogP contribution in [0.1, 0.15) is 12.5 Å². The van der Waals surface area contributed by atoms with E-state index in [-0.39, 0.29) is 17.9 Å². The summed E-state index contributed by atoms with van der Waals surface area (Å²) < 4.78 is 10.9. The number of carbonyl (C=O) groups excluding carboxylic acids is 3. The zero-order chi connectivity index (χ0) is 18.6. The Morgan fingerprint density at radius 2 is 2.19 bits per heavy atom. The Labute approximate surface area is 153 Å². The number of halogens is 1. The maximum absolute atomic E-state index is 13.1. The molecule has 4 atom stereocenters. The number of rotatable bonds is 3. The monoisotopic (exact) mass is 372 g/mol. The van der Waals surface area contributed by atoms with Crippen LogP contribution in [0, 0.1) is 23.2 Å². The van der Waals surface area contributed by atoms with E-state index >= 15 is 0 Å². The van der Waals surface area contributed by atoms with Gasteiger partial charge in [0.15, 0.2) is 0 Å². The molecule has 132 valence electrons. The van der Waals surface area contributed by atoms with Crippen LogP contribution in [-0.4, -0.2) is 36.1 Å². The van der Waals surface area contributed by atoms with Crippen LogP contribution in [0.25, 0.3) is 0 Å². The zero-order valence-electron chi connectivity index (χ0n) is 13.6.